The molecule has 1 aromatic heterocycles. The van der Waals surface area contributed by atoms with Gasteiger partial charge in [0.05, 0.1) is 11.3 Å². The Kier molecular flexibility index (Phi) is 3.04. The van der Waals surface area contributed by atoms with Gasteiger partial charge in [-0.15, -0.1) is 0 Å². The smallest absolute Gasteiger partial charge is 0.323 e. The van der Waals surface area contributed by atoms with E-state index < -0.39 is 17.8 Å². The predicted molar refractivity (Wildman–Crippen MR) is 51.3 cm³/mol. The normalized spacial score (nSPS) is 14.1. The minimum Gasteiger partial charge on any atom is -0.323 e. The molecule has 2 nitrogen and oxygen atoms in total. The molecule has 0 aliphatic rings. The van der Waals surface area contributed by atoms with Crippen LogP contribution in [-0.2, 0) is 6.18 Å². The summed E-state index contributed by atoms with van der Waals surface area (Å²) in [6.45, 7) is 4.42. The minimum absolute atomic E-state index is 0.123. The zero-order chi connectivity index (χ0) is 11.8. The molecule has 0 saturated heterocycles. The van der Waals surface area contributed by atoms with Gasteiger partial charge in [-0.2, -0.15) is 13.2 Å². The lowest BCUT2D eigenvalue weighted by Gasteiger charge is -2.17. The van der Waals surface area contributed by atoms with E-state index in [1.165, 1.54) is 20.0 Å². The Morgan fingerprint density at radius 3 is 2.27 bits per heavy atom. The molecule has 0 aliphatic carbocycles. The molecule has 0 radical (unpaired) electrons. The lowest BCUT2D eigenvalue weighted by molar-refractivity contribution is -0.138. The quantitative estimate of drug-likeness (QED) is 0.787. The first-order valence-corrected chi connectivity index (χ1v) is 4.54. The van der Waals surface area contributed by atoms with E-state index in [9.17, 15) is 13.2 Å². The van der Waals surface area contributed by atoms with Crippen molar-refractivity contribution in [3.63, 3.8) is 0 Å². The van der Waals surface area contributed by atoms with Gasteiger partial charge in [0, 0.05) is 12.2 Å². The molecule has 0 saturated carbocycles. The summed E-state index contributed by atoms with van der Waals surface area (Å²) in [7, 11) is 0. The average molecular weight is 218 g/mol. The van der Waals surface area contributed by atoms with E-state index in [1.807, 2.05) is 0 Å². The van der Waals surface area contributed by atoms with E-state index >= 15 is 0 Å². The number of nitrogens with zero attached hydrogens (tertiary/aromatic N) is 1. The van der Waals surface area contributed by atoms with Crippen molar-refractivity contribution >= 4 is 0 Å². The lowest BCUT2D eigenvalue weighted by Crippen LogP contribution is -2.16. The van der Waals surface area contributed by atoms with Crippen molar-refractivity contribution in [1.29, 1.82) is 0 Å². The number of halogens is 3. The van der Waals surface area contributed by atoms with Crippen LogP contribution in [0.15, 0.2) is 6.20 Å². The van der Waals surface area contributed by atoms with Gasteiger partial charge < -0.3 is 5.73 Å². The van der Waals surface area contributed by atoms with Crippen LogP contribution in [0, 0.1) is 13.8 Å². The summed E-state index contributed by atoms with van der Waals surface area (Å²) in [5.41, 5.74) is 5.48. The van der Waals surface area contributed by atoms with Gasteiger partial charge in [-0.1, -0.05) is 0 Å². The van der Waals surface area contributed by atoms with Crippen LogP contribution in [0.1, 0.15) is 35.3 Å². The maximum absolute atomic E-state index is 12.7. The van der Waals surface area contributed by atoms with Crippen LogP contribution in [-0.4, -0.2) is 4.98 Å². The fraction of sp³-hybridized carbons (Fsp3) is 0.500. The molecule has 2 N–H and O–H groups in total. The first-order valence-electron chi connectivity index (χ1n) is 4.54. The van der Waals surface area contributed by atoms with Crippen LogP contribution >= 0.6 is 0 Å². The molecule has 1 rings (SSSR count). The average Bonchev–Trinajstić information content (AvgIpc) is 2.00. The van der Waals surface area contributed by atoms with Gasteiger partial charge in [0.15, 0.2) is 0 Å². The summed E-state index contributed by atoms with van der Waals surface area (Å²) in [6.07, 6.45) is -3.13. The molecule has 1 atom stereocenters. The lowest BCUT2D eigenvalue weighted by atomic mass is 10.00. The van der Waals surface area contributed by atoms with Crippen LogP contribution in [0.5, 0.6) is 0 Å². The van der Waals surface area contributed by atoms with E-state index in [2.05, 4.69) is 4.98 Å². The van der Waals surface area contributed by atoms with E-state index in [0.717, 1.165) is 0 Å². The topological polar surface area (TPSA) is 38.9 Å². The Hall–Kier alpha value is -1.10. The van der Waals surface area contributed by atoms with Crippen LogP contribution in [0.2, 0.25) is 0 Å². The molecule has 0 amide bonds. The number of rotatable bonds is 1. The summed E-state index contributed by atoms with van der Waals surface area (Å²) >= 11 is 0. The standard InChI is InChI=1S/C10H13F3N2/c1-5-4-15-9(7(3)14)6(2)8(5)10(11,12)13/h4,7H,14H2,1-3H3/t7-/m1/s1. The molecule has 0 aromatic carbocycles. The Bertz CT molecular complexity index is 370. The van der Waals surface area contributed by atoms with Crippen molar-refractivity contribution in [2.75, 3.05) is 0 Å². The van der Waals surface area contributed by atoms with Gasteiger partial charge >= 0.3 is 6.18 Å². The van der Waals surface area contributed by atoms with Crippen LogP contribution in [0.4, 0.5) is 13.2 Å². The van der Waals surface area contributed by atoms with Gasteiger partial charge in [-0.25, -0.2) is 0 Å². The molecule has 0 bridgehead atoms. The van der Waals surface area contributed by atoms with Gasteiger partial charge in [0.25, 0.3) is 0 Å². The van der Waals surface area contributed by atoms with Crippen molar-refractivity contribution in [1.82, 2.24) is 4.98 Å². The van der Waals surface area contributed by atoms with E-state index in [-0.39, 0.29) is 11.1 Å². The SMILES string of the molecule is Cc1cnc([C@@H](C)N)c(C)c1C(F)(F)F. The van der Waals surface area contributed by atoms with Gasteiger partial charge in [0.1, 0.15) is 0 Å². The Labute approximate surface area is 86.3 Å². The maximum atomic E-state index is 12.7. The molecule has 1 heterocycles. The highest BCUT2D eigenvalue weighted by Gasteiger charge is 2.35. The second-order valence-corrected chi connectivity index (χ2v) is 3.61. The van der Waals surface area contributed by atoms with Crippen molar-refractivity contribution in [3.8, 4) is 0 Å². The molecule has 0 spiro atoms. The summed E-state index contributed by atoms with van der Waals surface area (Å²) in [6, 6.07) is -0.494. The highest BCUT2D eigenvalue weighted by molar-refractivity contribution is 5.38. The molecule has 1 aromatic rings. The molecule has 0 fully saturated rings. The van der Waals surface area contributed by atoms with Crippen LogP contribution < -0.4 is 5.73 Å². The Balaban J connectivity index is 3.44. The van der Waals surface area contributed by atoms with Crippen LogP contribution in [0.25, 0.3) is 0 Å². The summed E-state index contributed by atoms with van der Waals surface area (Å²) in [5.74, 6) is 0. The third-order valence-corrected chi connectivity index (χ3v) is 2.27. The number of alkyl halides is 3. The second kappa shape index (κ2) is 3.81. The number of pyridine rings is 1. The third-order valence-electron chi connectivity index (χ3n) is 2.27. The molecular formula is C10H13F3N2. The first kappa shape index (κ1) is 12.0. The highest BCUT2D eigenvalue weighted by Crippen LogP contribution is 2.35. The number of hydrogen-bond acceptors (Lipinski definition) is 2. The van der Waals surface area contributed by atoms with E-state index in [4.69, 9.17) is 5.73 Å². The van der Waals surface area contributed by atoms with E-state index in [1.54, 1.807) is 6.92 Å². The minimum atomic E-state index is -4.35. The molecule has 5 heteroatoms. The van der Waals surface area contributed by atoms with Crippen molar-refractivity contribution in [2.24, 2.45) is 5.73 Å². The first-order chi connectivity index (χ1) is 6.75. The van der Waals surface area contributed by atoms with Crippen molar-refractivity contribution in [3.05, 3.63) is 28.6 Å². The molecule has 84 valence electrons. The number of aryl methyl sites for hydroxylation is 1. The Morgan fingerprint density at radius 1 is 1.33 bits per heavy atom. The number of nitrogens with two attached hydrogens (primary N) is 1. The maximum Gasteiger partial charge on any atom is 0.417 e. The second-order valence-electron chi connectivity index (χ2n) is 3.61. The summed E-state index contributed by atoms with van der Waals surface area (Å²) < 4.78 is 38.1. The highest BCUT2D eigenvalue weighted by atomic mass is 19.4. The van der Waals surface area contributed by atoms with Gasteiger partial charge in [-0.3, -0.25) is 4.98 Å². The molecule has 0 aliphatic heterocycles. The van der Waals surface area contributed by atoms with E-state index in [0.29, 0.717) is 5.69 Å². The fourth-order valence-corrected chi connectivity index (χ4v) is 1.65. The summed E-state index contributed by atoms with van der Waals surface area (Å²) in [4.78, 5) is 3.93. The van der Waals surface area contributed by atoms with Gasteiger partial charge in [-0.05, 0) is 31.9 Å². The van der Waals surface area contributed by atoms with Crippen molar-refractivity contribution < 1.29 is 13.2 Å². The van der Waals surface area contributed by atoms with Crippen molar-refractivity contribution in [2.45, 2.75) is 33.0 Å². The molecular weight excluding hydrogens is 205 g/mol. The molecule has 15 heavy (non-hydrogen) atoms. The Morgan fingerprint density at radius 2 is 1.87 bits per heavy atom. The number of aromatic nitrogens is 1. The van der Waals surface area contributed by atoms with Gasteiger partial charge in [0.2, 0.25) is 0 Å². The molecule has 0 unspecified atom stereocenters. The fourth-order valence-electron chi connectivity index (χ4n) is 1.65. The largest absolute Gasteiger partial charge is 0.417 e. The zero-order valence-corrected chi connectivity index (χ0v) is 8.81. The summed E-state index contributed by atoms with van der Waals surface area (Å²) in [5, 5.41) is 0. The zero-order valence-electron chi connectivity index (χ0n) is 8.81. The predicted octanol–water partition coefficient (Wildman–Crippen LogP) is 2.74. The monoisotopic (exact) mass is 218 g/mol. The van der Waals surface area contributed by atoms with Crippen LogP contribution in [0.3, 0.4) is 0 Å². The third kappa shape index (κ3) is 2.28. The number of hydrogen-bond donors (Lipinski definition) is 1.